The van der Waals surface area contributed by atoms with Crippen LogP contribution in [0, 0.1) is 0 Å². The van der Waals surface area contributed by atoms with Gasteiger partial charge in [0.1, 0.15) is 42.5 Å². The van der Waals surface area contributed by atoms with Gasteiger partial charge in [0.25, 0.3) is 5.56 Å². The number of anilines is 1. The van der Waals surface area contributed by atoms with Crippen LogP contribution < -0.4 is 17.0 Å². The number of rotatable bonds is 2. The average molecular weight is 637 g/mol. The molecule has 9 atom stereocenters. The van der Waals surface area contributed by atoms with Crippen molar-refractivity contribution in [2.75, 3.05) is 18.9 Å². The van der Waals surface area contributed by atoms with Crippen LogP contribution in [0.25, 0.3) is 11.2 Å². The minimum absolute atomic E-state index is 0.0264. The first-order valence-electron chi connectivity index (χ1n) is 11.9. The van der Waals surface area contributed by atoms with E-state index in [9.17, 15) is 23.6 Å². The van der Waals surface area contributed by atoms with E-state index in [0.717, 1.165) is 16.8 Å². The highest BCUT2D eigenvalue weighted by Crippen LogP contribution is 2.58. The van der Waals surface area contributed by atoms with Crippen molar-refractivity contribution in [1.29, 1.82) is 0 Å². The SMILES string of the molecule is Nc1ncnc2c1ncn2[C@H]1C[C@@H]2OP(=O)(O)OC[C@H]3O[C@@H](n4ccc(=O)[nH]c4=O)[C@H](F)[C@@H]3OP(=O)(S)OC[C@H]2O1. The van der Waals surface area contributed by atoms with Crippen molar-refractivity contribution in [3.05, 3.63) is 45.8 Å². The Morgan fingerprint density at radius 2 is 1.85 bits per heavy atom. The summed E-state index contributed by atoms with van der Waals surface area (Å²) in [5, 5.41) is 0. The Balaban J connectivity index is 1.25. The predicted molar refractivity (Wildman–Crippen MR) is 136 cm³/mol. The number of thiol groups is 1. The third-order valence-electron chi connectivity index (χ3n) is 6.60. The Hall–Kier alpha value is -2.51. The molecule has 18 nitrogen and oxygen atoms in total. The normalized spacial score (nSPS) is 38.2. The predicted octanol–water partition coefficient (Wildman–Crippen LogP) is 0.437. The maximum atomic E-state index is 15.6. The fraction of sp³-hybridized carbons (Fsp3) is 0.526. The molecule has 6 rings (SSSR count). The summed E-state index contributed by atoms with van der Waals surface area (Å²) in [7, 11) is -4.84. The van der Waals surface area contributed by atoms with Gasteiger partial charge in [-0.1, -0.05) is 12.2 Å². The van der Waals surface area contributed by atoms with Crippen LogP contribution in [0.3, 0.4) is 0 Å². The molecule has 0 aromatic carbocycles. The molecule has 3 aromatic heterocycles. The van der Waals surface area contributed by atoms with Crippen molar-refractivity contribution in [2.45, 2.75) is 49.5 Å². The topological polar surface area (TPSA) is 234 Å². The smallest absolute Gasteiger partial charge is 0.382 e. The van der Waals surface area contributed by atoms with Gasteiger partial charge in [-0.05, 0) is 0 Å². The first-order valence-corrected chi connectivity index (χ1v) is 16.1. The number of phosphoric acid groups is 1. The Labute approximate surface area is 233 Å². The maximum absolute atomic E-state index is 15.6. The zero-order chi connectivity index (χ0) is 29.1. The second-order valence-electron chi connectivity index (χ2n) is 9.22. The van der Waals surface area contributed by atoms with Gasteiger partial charge < -0.3 is 20.1 Å². The summed E-state index contributed by atoms with van der Waals surface area (Å²) in [4.78, 5) is 48.3. The zero-order valence-corrected chi connectivity index (χ0v) is 23.2. The van der Waals surface area contributed by atoms with Crippen LogP contribution in [-0.4, -0.2) is 77.8 Å². The molecule has 3 aliphatic heterocycles. The van der Waals surface area contributed by atoms with Crippen LogP contribution >= 0.6 is 26.9 Å². The number of aromatic nitrogens is 6. The molecule has 41 heavy (non-hydrogen) atoms. The van der Waals surface area contributed by atoms with Crippen molar-refractivity contribution in [1.82, 2.24) is 29.1 Å². The van der Waals surface area contributed by atoms with Crippen LogP contribution in [0.5, 0.6) is 0 Å². The fourth-order valence-electron chi connectivity index (χ4n) is 4.74. The third kappa shape index (κ3) is 5.64. The number of nitrogens with two attached hydrogens (primary N) is 1. The molecular formula is C19H22FN7O11P2S. The Bertz CT molecular complexity index is 1690. The lowest BCUT2D eigenvalue weighted by molar-refractivity contribution is -0.0618. The summed E-state index contributed by atoms with van der Waals surface area (Å²) in [5.74, 6) is 0.130. The van der Waals surface area contributed by atoms with E-state index in [4.69, 9.17) is 33.3 Å². The van der Waals surface area contributed by atoms with Crippen LogP contribution in [0.1, 0.15) is 18.9 Å². The lowest BCUT2D eigenvalue weighted by Crippen LogP contribution is -2.37. The van der Waals surface area contributed by atoms with Crippen LogP contribution in [-0.2, 0) is 36.7 Å². The van der Waals surface area contributed by atoms with Gasteiger partial charge in [-0.15, -0.1) is 0 Å². The van der Waals surface area contributed by atoms with E-state index in [1.807, 2.05) is 4.98 Å². The quantitative estimate of drug-likeness (QED) is 0.220. The van der Waals surface area contributed by atoms with E-state index < -0.39 is 82.1 Å². The molecule has 6 heterocycles. The molecule has 3 saturated heterocycles. The molecule has 3 aromatic rings. The number of nitrogen functional groups attached to an aromatic ring is 1. The van der Waals surface area contributed by atoms with Gasteiger partial charge in [0.05, 0.1) is 19.5 Å². The number of H-pyrrole nitrogens is 1. The first-order chi connectivity index (χ1) is 19.4. The van der Waals surface area contributed by atoms with Crippen molar-refractivity contribution >= 4 is 43.9 Å². The molecular weight excluding hydrogens is 615 g/mol. The number of imidazole rings is 1. The number of nitrogens with zero attached hydrogens (tertiary/aromatic N) is 5. The van der Waals surface area contributed by atoms with Gasteiger partial charge in [-0.25, -0.2) is 33.3 Å². The fourth-order valence-corrected chi connectivity index (χ4v) is 7.18. The van der Waals surface area contributed by atoms with Gasteiger partial charge in [-0.3, -0.25) is 37.0 Å². The van der Waals surface area contributed by atoms with E-state index >= 15 is 4.39 Å². The number of fused-ring (bicyclic) bond motifs is 3. The molecule has 3 fully saturated rings. The number of halogens is 1. The van der Waals surface area contributed by atoms with Crippen molar-refractivity contribution in [3.63, 3.8) is 0 Å². The highest BCUT2D eigenvalue weighted by Gasteiger charge is 2.52. The second kappa shape index (κ2) is 10.6. The van der Waals surface area contributed by atoms with Gasteiger partial charge in [-0.2, -0.15) is 0 Å². The minimum atomic E-state index is -4.84. The summed E-state index contributed by atoms with van der Waals surface area (Å²) in [6, 6.07) is 0.961. The summed E-state index contributed by atoms with van der Waals surface area (Å²) in [6.45, 7) is -5.65. The summed E-state index contributed by atoms with van der Waals surface area (Å²) in [5.41, 5.74) is 4.74. The molecule has 0 spiro atoms. The number of hydrogen-bond donors (Lipinski definition) is 4. The molecule has 0 radical (unpaired) electrons. The van der Waals surface area contributed by atoms with Gasteiger partial charge in [0.15, 0.2) is 23.9 Å². The van der Waals surface area contributed by atoms with Gasteiger partial charge in [0, 0.05) is 18.7 Å². The summed E-state index contributed by atoms with van der Waals surface area (Å²) < 4.78 is 76.5. The number of nitrogens with one attached hydrogen (secondary N) is 1. The highest BCUT2D eigenvalue weighted by molar-refractivity contribution is 8.44. The Kier molecular flexibility index (Phi) is 7.42. The average Bonchev–Trinajstić information content (AvgIpc) is 3.58. The second-order valence-corrected chi connectivity index (χ2v) is 13.5. The number of phosphoric ester groups is 1. The molecule has 0 aliphatic carbocycles. The van der Waals surface area contributed by atoms with E-state index in [0.29, 0.717) is 11.2 Å². The molecule has 22 heteroatoms. The summed E-state index contributed by atoms with van der Waals surface area (Å²) >= 11 is 3.94. The maximum Gasteiger partial charge on any atom is 0.472 e. The monoisotopic (exact) mass is 637 g/mol. The zero-order valence-electron chi connectivity index (χ0n) is 20.5. The minimum Gasteiger partial charge on any atom is -0.382 e. The van der Waals surface area contributed by atoms with E-state index in [1.54, 1.807) is 0 Å². The first kappa shape index (κ1) is 28.6. The van der Waals surface area contributed by atoms with Gasteiger partial charge in [0.2, 0.25) is 0 Å². The highest BCUT2D eigenvalue weighted by atomic mass is 32.7. The third-order valence-corrected chi connectivity index (χ3v) is 9.22. The lowest BCUT2D eigenvalue weighted by atomic mass is 10.1. The van der Waals surface area contributed by atoms with Crippen molar-refractivity contribution in [3.8, 4) is 0 Å². The van der Waals surface area contributed by atoms with E-state index in [2.05, 4.69) is 27.2 Å². The van der Waals surface area contributed by atoms with Crippen LogP contribution in [0.4, 0.5) is 10.2 Å². The van der Waals surface area contributed by atoms with E-state index in [1.165, 1.54) is 17.2 Å². The van der Waals surface area contributed by atoms with Crippen molar-refractivity contribution < 1.29 is 46.0 Å². The largest absolute Gasteiger partial charge is 0.472 e. The van der Waals surface area contributed by atoms with E-state index in [-0.39, 0.29) is 12.2 Å². The van der Waals surface area contributed by atoms with Crippen LogP contribution in [0.15, 0.2) is 34.5 Å². The van der Waals surface area contributed by atoms with Crippen molar-refractivity contribution in [2.24, 2.45) is 0 Å². The molecule has 3 aliphatic rings. The van der Waals surface area contributed by atoms with Crippen LogP contribution in [0.2, 0.25) is 0 Å². The summed E-state index contributed by atoms with van der Waals surface area (Å²) in [6.07, 6.45) is -6.57. The Morgan fingerprint density at radius 3 is 2.63 bits per heavy atom. The van der Waals surface area contributed by atoms with Gasteiger partial charge >= 0.3 is 20.3 Å². The number of aromatic amines is 1. The molecule has 0 amide bonds. The number of hydrogen-bond acceptors (Lipinski definition) is 14. The lowest BCUT2D eigenvalue weighted by Gasteiger charge is -2.27. The Morgan fingerprint density at radius 1 is 1.07 bits per heavy atom. The molecule has 222 valence electrons. The molecule has 2 unspecified atom stereocenters. The molecule has 0 bridgehead atoms. The molecule has 4 N–H and O–H groups in total. The molecule has 0 saturated carbocycles. The standard InChI is InChI=1S/C19H22FN7O11P2S/c20-13-15-10(36-18(13)26-2-1-11(28)25-19(26)29)5-33-39(30,31)37-8-3-12(35-9(8)4-34-40(32,41)38-15)27-7-24-14-16(21)22-6-23-17(14)27/h1-2,6-10,12-13,15,18H,3-5H2,(H,30,31)(H,32,41)(H2,21,22,23)(H,25,28,29)/t8-,9+,10+,12+,13+,15+,18+,40?/m0/s1. The number of alkyl halides is 1. The number of ether oxygens (including phenoxy) is 2.